The number of aromatic nitrogens is 3. The number of ether oxygens (including phenoxy) is 1. The quantitative estimate of drug-likeness (QED) is 0.575. The van der Waals surface area contributed by atoms with Crippen LogP contribution in [0.3, 0.4) is 0 Å². The normalized spacial score (nSPS) is 12.7. The molecule has 1 aliphatic heterocycles. The van der Waals surface area contributed by atoms with Crippen LogP contribution in [0.25, 0.3) is 0 Å². The van der Waals surface area contributed by atoms with Crippen molar-refractivity contribution < 1.29 is 9.53 Å². The highest BCUT2D eigenvalue weighted by atomic mass is 32.2. The van der Waals surface area contributed by atoms with Gasteiger partial charge in [-0.15, -0.1) is 10.2 Å². The summed E-state index contributed by atoms with van der Waals surface area (Å²) >= 11 is 1.41. The smallest absolute Gasteiger partial charge is 0.234 e. The Morgan fingerprint density at radius 2 is 1.93 bits per heavy atom. The molecule has 8 heteroatoms. The fraction of sp³-hybridized carbons (Fsp3) is 0.318. The molecule has 1 N–H and O–H groups in total. The average molecular weight is 424 g/mol. The summed E-state index contributed by atoms with van der Waals surface area (Å²) in [6.07, 6.45) is 0. The minimum atomic E-state index is -0.0503. The highest BCUT2D eigenvalue weighted by Crippen LogP contribution is 2.33. The molecule has 0 spiro atoms. The summed E-state index contributed by atoms with van der Waals surface area (Å²) in [7, 11) is 0. The predicted molar refractivity (Wildman–Crippen MR) is 120 cm³/mol. The zero-order valence-corrected chi connectivity index (χ0v) is 18.2. The predicted octanol–water partition coefficient (Wildman–Crippen LogP) is 4.18. The van der Waals surface area contributed by atoms with Gasteiger partial charge in [0.15, 0.2) is 5.16 Å². The maximum Gasteiger partial charge on any atom is 0.234 e. The molecule has 156 valence electrons. The molecule has 1 amide bonds. The number of thioether (sulfide) groups is 1. The molecule has 1 aliphatic rings. The fourth-order valence-electron chi connectivity index (χ4n) is 3.49. The molecule has 0 saturated carbocycles. The van der Waals surface area contributed by atoms with Crippen molar-refractivity contribution >= 4 is 35.0 Å². The van der Waals surface area contributed by atoms with Gasteiger partial charge in [-0.1, -0.05) is 29.5 Å². The van der Waals surface area contributed by atoms with Crippen LogP contribution in [0.5, 0.6) is 5.75 Å². The van der Waals surface area contributed by atoms with Crippen molar-refractivity contribution in [2.24, 2.45) is 0 Å². The van der Waals surface area contributed by atoms with Crippen LogP contribution in [0.1, 0.15) is 18.1 Å². The van der Waals surface area contributed by atoms with Crippen LogP contribution in [0.15, 0.2) is 47.6 Å². The molecule has 0 aliphatic carbocycles. The van der Waals surface area contributed by atoms with Crippen molar-refractivity contribution in [1.29, 1.82) is 0 Å². The average Bonchev–Trinajstić information content (AvgIpc) is 3.32. The monoisotopic (exact) mass is 423 g/mol. The summed E-state index contributed by atoms with van der Waals surface area (Å²) in [5.74, 6) is 1.89. The van der Waals surface area contributed by atoms with E-state index in [1.54, 1.807) is 0 Å². The second-order valence-corrected chi connectivity index (χ2v) is 8.11. The summed E-state index contributed by atoms with van der Waals surface area (Å²) in [5.41, 5.74) is 4.13. The third kappa shape index (κ3) is 4.28. The van der Waals surface area contributed by atoms with Crippen LogP contribution in [0.4, 0.5) is 17.3 Å². The molecular weight excluding hydrogens is 398 g/mol. The van der Waals surface area contributed by atoms with Gasteiger partial charge in [0.25, 0.3) is 0 Å². The Kier molecular flexibility index (Phi) is 5.94. The lowest BCUT2D eigenvalue weighted by atomic mass is 10.1. The lowest BCUT2D eigenvalue weighted by Gasteiger charge is -2.15. The number of hydrogen-bond acceptors (Lipinski definition) is 6. The van der Waals surface area contributed by atoms with E-state index in [2.05, 4.69) is 31.0 Å². The van der Waals surface area contributed by atoms with E-state index in [0.29, 0.717) is 6.61 Å². The van der Waals surface area contributed by atoms with E-state index in [-0.39, 0.29) is 11.7 Å². The summed E-state index contributed by atoms with van der Waals surface area (Å²) in [5, 5.41) is 12.4. The van der Waals surface area contributed by atoms with Crippen molar-refractivity contribution in [3.63, 3.8) is 0 Å². The molecule has 0 unspecified atom stereocenters. The van der Waals surface area contributed by atoms with Gasteiger partial charge in [-0.3, -0.25) is 9.36 Å². The number of carbonyl (C=O) groups excluding carboxylic acids is 1. The van der Waals surface area contributed by atoms with Gasteiger partial charge < -0.3 is 15.0 Å². The third-order valence-electron chi connectivity index (χ3n) is 4.93. The molecule has 0 bridgehead atoms. The largest absolute Gasteiger partial charge is 0.494 e. The number of amides is 1. The lowest BCUT2D eigenvalue weighted by Crippen LogP contribution is -2.15. The van der Waals surface area contributed by atoms with E-state index in [4.69, 9.17) is 4.74 Å². The second kappa shape index (κ2) is 8.79. The van der Waals surface area contributed by atoms with Gasteiger partial charge in [-0.2, -0.15) is 0 Å². The van der Waals surface area contributed by atoms with E-state index in [1.807, 2.05) is 57.2 Å². The lowest BCUT2D eigenvalue weighted by molar-refractivity contribution is -0.113. The Morgan fingerprint density at radius 3 is 2.67 bits per heavy atom. The second-order valence-electron chi connectivity index (χ2n) is 7.17. The van der Waals surface area contributed by atoms with E-state index in [1.165, 1.54) is 17.3 Å². The fourth-order valence-corrected chi connectivity index (χ4v) is 4.25. The number of carbonyl (C=O) groups is 1. The van der Waals surface area contributed by atoms with Crippen molar-refractivity contribution in [2.45, 2.75) is 32.5 Å². The molecule has 0 atom stereocenters. The van der Waals surface area contributed by atoms with Gasteiger partial charge in [-0.25, -0.2) is 0 Å². The molecule has 2 aromatic carbocycles. The van der Waals surface area contributed by atoms with Gasteiger partial charge in [0, 0.05) is 24.5 Å². The third-order valence-corrected chi connectivity index (χ3v) is 5.90. The first-order chi connectivity index (χ1) is 14.5. The van der Waals surface area contributed by atoms with Crippen molar-refractivity contribution in [1.82, 2.24) is 14.8 Å². The highest BCUT2D eigenvalue weighted by molar-refractivity contribution is 7.99. The molecule has 2 heterocycles. The maximum absolute atomic E-state index is 12.4. The molecule has 3 aromatic rings. The molecular formula is C22H25N5O2S. The van der Waals surface area contributed by atoms with E-state index < -0.39 is 0 Å². The number of fused-ring (bicyclic) bond motifs is 1. The SMILES string of the molecule is CCOc1ccc(N2CCn3c(SCC(=O)Nc4ccc(C)cc4C)nnc32)cc1. The standard InChI is InChI=1S/C22H25N5O2S/c1-4-29-18-8-6-17(7-9-18)26-11-12-27-21(26)24-25-22(27)30-14-20(28)23-19-10-5-15(2)13-16(19)3/h5-10,13H,4,11-12,14H2,1-3H3,(H,23,28). The number of rotatable bonds is 7. The zero-order valence-electron chi connectivity index (χ0n) is 17.4. The Morgan fingerprint density at radius 1 is 1.13 bits per heavy atom. The summed E-state index contributed by atoms with van der Waals surface area (Å²) in [6.45, 7) is 8.26. The van der Waals surface area contributed by atoms with Crippen LogP contribution < -0.4 is 15.0 Å². The number of anilines is 3. The topological polar surface area (TPSA) is 72.3 Å². The summed E-state index contributed by atoms with van der Waals surface area (Å²) in [6, 6.07) is 14.0. The highest BCUT2D eigenvalue weighted by Gasteiger charge is 2.26. The van der Waals surface area contributed by atoms with Crippen LogP contribution in [-0.2, 0) is 11.3 Å². The van der Waals surface area contributed by atoms with E-state index in [9.17, 15) is 4.79 Å². The Balaban J connectivity index is 1.39. The summed E-state index contributed by atoms with van der Waals surface area (Å²) in [4.78, 5) is 14.5. The zero-order chi connectivity index (χ0) is 21.1. The van der Waals surface area contributed by atoms with Crippen molar-refractivity contribution in [2.75, 3.05) is 29.1 Å². The van der Waals surface area contributed by atoms with Gasteiger partial charge in [0.2, 0.25) is 11.9 Å². The van der Waals surface area contributed by atoms with Crippen LogP contribution in [0, 0.1) is 13.8 Å². The van der Waals surface area contributed by atoms with Crippen LogP contribution in [0.2, 0.25) is 0 Å². The van der Waals surface area contributed by atoms with Gasteiger partial charge in [0.1, 0.15) is 5.75 Å². The molecule has 0 saturated heterocycles. The molecule has 0 radical (unpaired) electrons. The minimum Gasteiger partial charge on any atom is -0.494 e. The molecule has 4 rings (SSSR count). The number of nitrogens with one attached hydrogen (secondary N) is 1. The van der Waals surface area contributed by atoms with E-state index in [0.717, 1.165) is 46.9 Å². The number of benzene rings is 2. The first kappa shape index (κ1) is 20.3. The molecule has 0 fully saturated rings. The van der Waals surface area contributed by atoms with Crippen LogP contribution in [-0.4, -0.2) is 39.6 Å². The number of hydrogen-bond donors (Lipinski definition) is 1. The van der Waals surface area contributed by atoms with Crippen LogP contribution >= 0.6 is 11.8 Å². The Hall–Kier alpha value is -3.00. The van der Waals surface area contributed by atoms with Crippen molar-refractivity contribution in [3.05, 3.63) is 53.6 Å². The van der Waals surface area contributed by atoms with Gasteiger partial charge >= 0.3 is 0 Å². The molecule has 30 heavy (non-hydrogen) atoms. The first-order valence-electron chi connectivity index (χ1n) is 9.98. The molecule has 1 aromatic heterocycles. The maximum atomic E-state index is 12.4. The summed E-state index contributed by atoms with van der Waals surface area (Å²) < 4.78 is 7.58. The first-order valence-corrected chi connectivity index (χ1v) is 11.0. The van der Waals surface area contributed by atoms with Crippen molar-refractivity contribution in [3.8, 4) is 5.75 Å². The Bertz CT molecular complexity index is 1050. The number of nitrogens with zero attached hydrogens (tertiary/aromatic N) is 4. The van der Waals surface area contributed by atoms with E-state index >= 15 is 0 Å². The van der Waals surface area contributed by atoms with Gasteiger partial charge in [-0.05, 0) is 56.7 Å². The molecule has 7 nitrogen and oxygen atoms in total. The number of aryl methyl sites for hydroxylation is 2. The minimum absolute atomic E-state index is 0.0503. The Labute approximate surface area is 180 Å². The van der Waals surface area contributed by atoms with Gasteiger partial charge in [0.05, 0.1) is 12.4 Å².